The monoisotopic (exact) mass is 417 g/mol. The third kappa shape index (κ3) is 2.97. The highest BCUT2D eigenvalue weighted by atomic mass is 16.6. The van der Waals surface area contributed by atoms with Crippen LogP contribution in [0.5, 0.6) is 0 Å². The molecular weight excluding hydrogens is 402 g/mol. The molecule has 2 N–H and O–H groups in total. The van der Waals surface area contributed by atoms with Crippen molar-refractivity contribution in [3.8, 4) is 12.1 Å². The average Bonchev–Trinajstić information content (AvgIpc) is 3.43. The summed E-state index contributed by atoms with van der Waals surface area (Å²) in [4.78, 5) is 18.0. The van der Waals surface area contributed by atoms with Gasteiger partial charge in [-0.05, 0) is 47.5 Å². The number of benzene rings is 3. The quantitative estimate of drug-likeness (QED) is 0.297. The molecule has 3 aromatic carbocycles. The lowest BCUT2D eigenvalue weighted by Gasteiger charge is -2.17. The summed E-state index contributed by atoms with van der Waals surface area (Å²) in [5.74, 6) is -0.498. The van der Waals surface area contributed by atoms with E-state index in [2.05, 4.69) is 22.1 Å². The van der Waals surface area contributed by atoms with Crippen LogP contribution in [0.25, 0.3) is 21.8 Å². The molecule has 0 fully saturated rings. The number of hydrogen-bond donors (Lipinski definition) is 2. The molecule has 0 unspecified atom stereocenters. The number of aromatic amines is 2. The lowest BCUT2D eigenvalue weighted by Crippen LogP contribution is -2.06. The number of H-pyrrole nitrogens is 2. The van der Waals surface area contributed by atoms with Crippen LogP contribution in [0.4, 0.5) is 5.69 Å². The van der Waals surface area contributed by atoms with Crippen molar-refractivity contribution in [2.45, 2.75) is 5.92 Å². The van der Waals surface area contributed by atoms with Gasteiger partial charge in [-0.25, -0.2) is 0 Å². The Kier molecular flexibility index (Phi) is 4.43. The molecule has 0 saturated heterocycles. The van der Waals surface area contributed by atoms with Gasteiger partial charge < -0.3 is 9.97 Å². The predicted molar refractivity (Wildman–Crippen MR) is 120 cm³/mol. The van der Waals surface area contributed by atoms with Crippen molar-refractivity contribution < 1.29 is 4.92 Å². The maximum Gasteiger partial charge on any atom is 0.273 e. The number of rotatable bonds is 4. The van der Waals surface area contributed by atoms with Crippen molar-refractivity contribution in [1.82, 2.24) is 9.97 Å². The summed E-state index contributed by atoms with van der Waals surface area (Å²) in [6.07, 6.45) is 3.67. The number of nitrogens with zero attached hydrogens (tertiary/aromatic N) is 3. The van der Waals surface area contributed by atoms with Gasteiger partial charge in [0.1, 0.15) is 0 Å². The van der Waals surface area contributed by atoms with Crippen LogP contribution in [0, 0.1) is 32.8 Å². The lowest BCUT2D eigenvalue weighted by atomic mass is 9.83. The minimum Gasteiger partial charge on any atom is -0.361 e. The first-order valence-corrected chi connectivity index (χ1v) is 9.86. The molecular formula is C25H15N5O2. The molecule has 0 atom stereocenters. The molecule has 7 heteroatoms. The van der Waals surface area contributed by atoms with E-state index >= 15 is 0 Å². The van der Waals surface area contributed by atoms with Gasteiger partial charge >= 0.3 is 0 Å². The Labute approximate surface area is 182 Å². The van der Waals surface area contributed by atoms with Crippen LogP contribution in [0.15, 0.2) is 73.1 Å². The van der Waals surface area contributed by atoms with E-state index in [9.17, 15) is 20.6 Å². The van der Waals surface area contributed by atoms with Crippen LogP contribution < -0.4 is 0 Å². The van der Waals surface area contributed by atoms with Crippen molar-refractivity contribution in [3.05, 3.63) is 111 Å². The summed E-state index contributed by atoms with van der Waals surface area (Å²) in [6, 6.07) is 21.7. The Morgan fingerprint density at radius 1 is 0.781 bits per heavy atom. The molecule has 5 rings (SSSR count). The van der Waals surface area contributed by atoms with Crippen LogP contribution in [0.2, 0.25) is 0 Å². The van der Waals surface area contributed by atoms with E-state index in [4.69, 9.17) is 0 Å². The normalized spacial score (nSPS) is 11.0. The first-order valence-electron chi connectivity index (χ1n) is 9.86. The maximum atomic E-state index is 11.9. The highest BCUT2D eigenvalue weighted by Crippen LogP contribution is 2.42. The zero-order valence-electron chi connectivity index (χ0n) is 16.7. The number of para-hydroxylation sites is 1. The van der Waals surface area contributed by atoms with Gasteiger partial charge in [0.2, 0.25) is 0 Å². The summed E-state index contributed by atoms with van der Waals surface area (Å²) in [7, 11) is 0. The van der Waals surface area contributed by atoms with E-state index in [1.54, 1.807) is 42.5 Å². The molecule has 0 aliphatic heterocycles. The van der Waals surface area contributed by atoms with Gasteiger partial charge in [0.25, 0.3) is 5.69 Å². The van der Waals surface area contributed by atoms with E-state index in [1.165, 1.54) is 6.07 Å². The smallest absolute Gasteiger partial charge is 0.273 e. The van der Waals surface area contributed by atoms with Gasteiger partial charge in [0.15, 0.2) is 0 Å². The van der Waals surface area contributed by atoms with Gasteiger partial charge in [-0.15, -0.1) is 0 Å². The van der Waals surface area contributed by atoms with Gasteiger partial charge in [0.05, 0.1) is 28.2 Å². The van der Waals surface area contributed by atoms with Crippen molar-refractivity contribution >= 4 is 27.5 Å². The molecule has 0 aliphatic carbocycles. The standard InChI is InChI=1S/C25H15N5O2/c26-11-15-5-7-22-18(9-15)20(13-28-22)25(17-3-1-2-4-24(17)30(31)32)21-14-29-23-8-6-16(12-27)10-19(21)23/h1-10,13-14,25,28-29H. The first kappa shape index (κ1) is 19.1. The van der Waals surface area contributed by atoms with Crippen molar-refractivity contribution in [1.29, 1.82) is 10.5 Å². The second-order valence-corrected chi connectivity index (χ2v) is 7.48. The lowest BCUT2D eigenvalue weighted by molar-refractivity contribution is -0.385. The molecule has 5 aromatic rings. The van der Waals surface area contributed by atoms with Crippen LogP contribution in [-0.4, -0.2) is 14.9 Å². The summed E-state index contributed by atoms with van der Waals surface area (Å²) in [6.45, 7) is 0. The second kappa shape index (κ2) is 7.42. The van der Waals surface area contributed by atoms with E-state index in [1.807, 2.05) is 24.5 Å². The molecule has 152 valence electrons. The van der Waals surface area contributed by atoms with Gasteiger partial charge in [0, 0.05) is 51.7 Å². The number of nitriles is 2. The molecule has 0 radical (unpaired) electrons. The minimum absolute atomic E-state index is 0.00840. The van der Waals surface area contributed by atoms with E-state index in [-0.39, 0.29) is 10.6 Å². The third-order valence-electron chi connectivity index (χ3n) is 5.75. The molecule has 7 nitrogen and oxygen atoms in total. The van der Waals surface area contributed by atoms with Gasteiger partial charge in [-0.1, -0.05) is 18.2 Å². The van der Waals surface area contributed by atoms with Gasteiger partial charge in [-0.2, -0.15) is 10.5 Å². The molecule has 0 amide bonds. The summed E-state index contributed by atoms with van der Waals surface area (Å²) >= 11 is 0. The Morgan fingerprint density at radius 3 is 1.81 bits per heavy atom. The zero-order chi connectivity index (χ0) is 22.2. The SMILES string of the molecule is N#Cc1ccc2[nH]cc(C(c3ccccc3[N+](=O)[O-])c3c[nH]c4ccc(C#N)cc34)c2c1. The molecule has 2 aromatic heterocycles. The van der Waals surface area contributed by atoms with Crippen LogP contribution in [0.3, 0.4) is 0 Å². The highest BCUT2D eigenvalue weighted by molar-refractivity contribution is 5.90. The Balaban J connectivity index is 1.86. The fourth-order valence-electron chi connectivity index (χ4n) is 4.30. The summed E-state index contributed by atoms with van der Waals surface area (Å²) in [5, 5.41) is 32.3. The zero-order valence-corrected chi connectivity index (χ0v) is 16.7. The van der Waals surface area contributed by atoms with Crippen LogP contribution in [0.1, 0.15) is 33.7 Å². The summed E-state index contributed by atoms with van der Waals surface area (Å²) < 4.78 is 0. The maximum absolute atomic E-state index is 11.9. The predicted octanol–water partition coefficient (Wildman–Crippen LogP) is 5.48. The second-order valence-electron chi connectivity index (χ2n) is 7.48. The number of nitrogens with one attached hydrogen (secondary N) is 2. The molecule has 0 aliphatic rings. The van der Waals surface area contributed by atoms with Crippen molar-refractivity contribution in [3.63, 3.8) is 0 Å². The number of aromatic nitrogens is 2. The fraction of sp³-hybridized carbons (Fsp3) is 0.0400. The third-order valence-corrected chi connectivity index (χ3v) is 5.75. The largest absolute Gasteiger partial charge is 0.361 e. The molecule has 0 saturated carbocycles. The minimum atomic E-state index is -0.498. The first-order chi connectivity index (χ1) is 15.6. The summed E-state index contributed by atoms with van der Waals surface area (Å²) in [5.41, 5.74) is 4.85. The Morgan fingerprint density at radius 2 is 1.31 bits per heavy atom. The molecule has 32 heavy (non-hydrogen) atoms. The number of hydrogen-bond acceptors (Lipinski definition) is 4. The average molecular weight is 417 g/mol. The topological polar surface area (TPSA) is 122 Å². The Hall–Kier alpha value is -4.88. The van der Waals surface area contributed by atoms with E-state index in [0.29, 0.717) is 16.7 Å². The van der Waals surface area contributed by atoms with Crippen molar-refractivity contribution in [2.75, 3.05) is 0 Å². The number of nitro benzene ring substituents is 1. The number of nitro groups is 1. The van der Waals surface area contributed by atoms with Gasteiger partial charge in [-0.3, -0.25) is 10.1 Å². The van der Waals surface area contributed by atoms with Crippen LogP contribution >= 0.6 is 0 Å². The van der Waals surface area contributed by atoms with E-state index in [0.717, 1.165) is 32.9 Å². The molecule has 2 heterocycles. The molecule has 0 bridgehead atoms. The molecule has 0 spiro atoms. The highest BCUT2D eigenvalue weighted by Gasteiger charge is 2.29. The Bertz CT molecular complexity index is 1500. The van der Waals surface area contributed by atoms with E-state index < -0.39 is 5.92 Å². The van der Waals surface area contributed by atoms with Crippen LogP contribution in [-0.2, 0) is 0 Å². The fourth-order valence-corrected chi connectivity index (χ4v) is 4.30. The van der Waals surface area contributed by atoms with Crippen molar-refractivity contribution in [2.24, 2.45) is 0 Å². The number of fused-ring (bicyclic) bond motifs is 2.